The Morgan fingerprint density at radius 3 is 2.90 bits per heavy atom. The first-order chi connectivity index (χ1) is 10.2. The predicted molar refractivity (Wildman–Crippen MR) is 76.8 cm³/mol. The first-order valence-electron chi connectivity index (χ1n) is 7.58. The Morgan fingerprint density at radius 2 is 2.19 bits per heavy atom. The first kappa shape index (κ1) is 14.1. The number of carbonyl (C=O) groups excluding carboxylic acids is 2. The summed E-state index contributed by atoms with van der Waals surface area (Å²) in [6.45, 7) is 3.10. The van der Waals surface area contributed by atoms with Crippen molar-refractivity contribution in [2.75, 3.05) is 26.2 Å². The van der Waals surface area contributed by atoms with E-state index >= 15 is 0 Å². The van der Waals surface area contributed by atoms with Crippen molar-refractivity contribution < 1.29 is 14.0 Å². The lowest BCUT2D eigenvalue weighted by molar-refractivity contribution is -0.132. The Labute approximate surface area is 123 Å². The molecular formula is C15H21N3O3. The highest BCUT2D eigenvalue weighted by molar-refractivity contribution is 5.91. The van der Waals surface area contributed by atoms with Crippen LogP contribution in [-0.4, -0.2) is 48.9 Å². The number of rotatable bonds is 4. The molecule has 0 radical (unpaired) electrons. The van der Waals surface area contributed by atoms with Gasteiger partial charge in [-0.15, -0.1) is 0 Å². The molecule has 21 heavy (non-hydrogen) atoms. The molecule has 0 bridgehead atoms. The van der Waals surface area contributed by atoms with Crippen molar-refractivity contribution >= 4 is 11.8 Å². The maximum Gasteiger partial charge on any atom is 0.286 e. The van der Waals surface area contributed by atoms with Crippen LogP contribution in [0, 0.1) is 5.92 Å². The van der Waals surface area contributed by atoms with Gasteiger partial charge in [0.05, 0.1) is 12.3 Å². The SMILES string of the molecule is O=C(NC[C@@H]1CN[C@H](C(=O)N2CCCC2)C1)c1ccco1. The second kappa shape index (κ2) is 6.30. The summed E-state index contributed by atoms with van der Waals surface area (Å²) in [6.07, 6.45) is 4.49. The summed E-state index contributed by atoms with van der Waals surface area (Å²) in [4.78, 5) is 26.0. The molecule has 2 atom stereocenters. The van der Waals surface area contributed by atoms with Crippen LogP contribution in [0.25, 0.3) is 0 Å². The molecule has 0 aromatic carbocycles. The summed E-state index contributed by atoms with van der Waals surface area (Å²) in [6, 6.07) is 3.24. The minimum absolute atomic E-state index is 0.0892. The van der Waals surface area contributed by atoms with Crippen LogP contribution in [-0.2, 0) is 4.79 Å². The summed E-state index contributed by atoms with van der Waals surface area (Å²) >= 11 is 0. The van der Waals surface area contributed by atoms with Gasteiger partial charge in [-0.1, -0.05) is 0 Å². The average molecular weight is 291 g/mol. The minimum Gasteiger partial charge on any atom is -0.459 e. The van der Waals surface area contributed by atoms with Gasteiger partial charge in [-0.05, 0) is 37.3 Å². The summed E-state index contributed by atoms with van der Waals surface area (Å²) in [5, 5.41) is 6.13. The molecular weight excluding hydrogens is 270 g/mol. The van der Waals surface area contributed by atoms with E-state index in [2.05, 4.69) is 10.6 Å². The highest BCUT2D eigenvalue weighted by Crippen LogP contribution is 2.18. The molecule has 2 amide bonds. The van der Waals surface area contributed by atoms with E-state index in [0.717, 1.165) is 38.9 Å². The van der Waals surface area contributed by atoms with Gasteiger partial charge in [0, 0.05) is 26.2 Å². The third-order valence-corrected chi connectivity index (χ3v) is 4.23. The van der Waals surface area contributed by atoms with Crippen LogP contribution in [0.5, 0.6) is 0 Å². The fourth-order valence-electron chi connectivity index (χ4n) is 3.04. The molecule has 0 aliphatic carbocycles. The van der Waals surface area contributed by atoms with Gasteiger partial charge in [-0.25, -0.2) is 0 Å². The molecule has 2 aliphatic rings. The van der Waals surface area contributed by atoms with Crippen molar-refractivity contribution in [3.63, 3.8) is 0 Å². The van der Waals surface area contributed by atoms with E-state index in [1.165, 1.54) is 6.26 Å². The van der Waals surface area contributed by atoms with Crippen molar-refractivity contribution in [1.82, 2.24) is 15.5 Å². The van der Waals surface area contributed by atoms with Crippen LogP contribution in [0.15, 0.2) is 22.8 Å². The molecule has 0 saturated carbocycles. The van der Waals surface area contributed by atoms with E-state index < -0.39 is 0 Å². The molecule has 6 heteroatoms. The topological polar surface area (TPSA) is 74.6 Å². The second-order valence-electron chi connectivity index (χ2n) is 5.78. The molecule has 1 aromatic heterocycles. The van der Waals surface area contributed by atoms with E-state index in [1.807, 2.05) is 4.90 Å². The lowest BCUT2D eigenvalue weighted by Crippen LogP contribution is -2.42. The van der Waals surface area contributed by atoms with Crippen LogP contribution in [0.3, 0.4) is 0 Å². The monoisotopic (exact) mass is 291 g/mol. The van der Waals surface area contributed by atoms with Gasteiger partial charge in [-0.2, -0.15) is 0 Å². The number of carbonyl (C=O) groups is 2. The van der Waals surface area contributed by atoms with Crippen molar-refractivity contribution in [1.29, 1.82) is 0 Å². The van der Waals surface area contributed by atoms with Gasteiger partial charge in [0.25, 0.3) is 5.91 Å². The molecule has 3 heterocycles. The fraction of sp³-hybridized carbons (Fsp3) is 0.600. The minimum atomic E-state index is -0.200. The van der Waals surface area contributed by atoms with Crippen molar-refractivity contribution in [3.8, 4) is 0 Å². The Bertz CT molecular complexity index is 494. The summed E-state index contributed by atoms with van der Waals surface area (Å²) < 4.78 is 5.05. The summed E-state index contributed by atoms with van der Waals surface area (Å²) in [5.41, 5.74) is 0. The third kappa shape index (κ3) is 3.26. The van der Waals surface area contributed by atoms with Crippen molar-refractivity contribution in [3.05, 3.63) is 24.2 Å². The third-order valence-electron chi connectivity index (χ3n) is 4.23. The Hall–Kier alpha value is -1.82. The number of likely N-dealkylation sites (tertiary alicyclic amines) is 1. The molecule has 2 fully saturated rings. The smallest absolute Gasteiger partial charge is 0.286 e. The largest absolute Gasteiger partial charge is 0.459 e. The molecule has 2 N–H and O–H groups in total. The van der Waals surface area contributed by atoms with E-state index in [0.29, 0.717) is 18.2 Å². The molecule has 0 spiro atoms. The Kier molecular flexibility index (Phi) is 4.24. The van der Waals surface area contributed by atoms with Crippen LogP contribution >= 0.6 is 0 Å². The Balaban J connectivity index is 1.44. The second-order valence-corrected chi connectivity index (χ2v) is 5.78. The van der Waals surface area contributed by atoms with Crippen LogP contribution in [0.2, 0.25) is 0 Å². The zero-order valence-corrected chi connectivity index (χ0v) is 12.0. The highest BCUT2D eigenvalue weighted by atomic mass is 16.3. The zero-order valence-electron chi connectivity index (χ0n) is 12.0. The molecule has 2 aliphatic heterocycles. The first-order valence-corrected chi connectivity index (χ1v) is 7.58. The van der Waals surface area contributed by atoms with Gasteiger partial charge < -0.3 is 20.0 Å². The molecule has 0 unspecified atom stereocenters. The lowest BCUT2D eigenvalue weighted by Gasteiger charge is -2.19. The predicted octanol–water partition coefficient (Wildman–Crippen LogP) is 0.610. The number of furan rings is 1. The Morgan fingerprint density at radius 1 is 1.38 bits per heavy atom. The van der Waals surface area contributed by atoms with Gasteiger partial charge in [-0.3, -0.25) is 9.59 Å². The van der Waals surface area contributed by atoms with Gasteiger partial charge in [0.2, 0.25) is 5.91 Å². The highest BCUT2D eigenvalue weighted by Gasteiger charge is 2.33. The van der Waals surface area contributed by atoms with Gasteiger partial charge in [0.1, 0.15) is 0 Å². The number of hydrogen-bond acceptors (Lipinski definition) is 4. The van der Waals surface area contributed by atoms with Crippen LogP contribution in [0.4, 0.5) is 0 Å². The van der Waals surface area contributed by atoms with E-state index in [1.54, 1.807) is 12.1 Å². The standard InChI is InChI=1S/C15H21N3O3/c19-14(13-4-3-7-21-13)17-10-11-8-12(16-9-11)15(20)18-5-1-2-6-18/h3-4,7,11-12,16H,1-2,5-6,8-10H2,(H,17,19)/t11-,12-/m0/s1. The number of amides is 2. The molecule has 2 saturated heterocycles. The average Bonchev–Trinajstić information content (AvgIpc) is 3.26. The van der Waals surface area contributed by atoms with Crippen LogP contribution in [0.1, 0.15) is 29.8 Å². The summed E-state index contributed by atoms with van der Waals surface area (Å²) in [7, 11) is 0. The maximum absolute atomic E-state index is 12.3. The van der Waals surface area contributed by atoms with Gasteiger partial charge in [0.15, 0.2) is 5.76 Å². The van der Waals surface area contributed by atoms with Crippen molar-refractivity contribution in [2.45, 2.75) is 25.3 Å². The van der Waals surface area contributed by atoms with Crippen molar-refractivity contribution in [2.24, 2.45) is 5.92 Å². The summed E-state index contributed by atoms with van der Waals surface area (Å²) in [5.74, 6) is 0.632. The van der Waals surface area contributed by atoms with Crippen LogP contribution < -0.4 is 10.6 Å². The van der Waals surface area contributed by atoms with E-state index in [9.17, 15) is 9.59 Å². The van der Waals surface area contributed by atoms with E-state index in [-0.39, 0.29) is 17.9 Å². The number of nitrogens with one attached hydrogen (secondary N) is 2. The molecule has 6 nitrogen and oxygen atoms in total. The maximum atomic E-state index is 12.3. The quantitative estimate of drug-likeness (QED) is 0.852. The number of nitrogens with zero attached hydrogens (tertiary/aromatic N) is 1. The van der Waals surface area contributed by atoms with E-state index in [4.69, 9.17) is 4.42 Å². The normalized spacial score (nSPS) is 25.2. The molecule has 1 aromatic rings. The molecule has 114 valence electrons. The van der Waals surface area contributed by atoms with Gasteiger partial charge >= 0.3 is 0 Å². The molecule has 3 rings (SSSR count). The lowest BCUT2D eigenvalue weighted by atomic mass is 10.0. The number of hydrogen-bond donors (Lipinski definition) is 2. The zero-order chi connectivity index (χ0) is 14.7. The fourth-order valence-corrected chi connectivity index (χ4v) is 3.04.